The lowest BCUT2D eigenvalue weighted by atomic mass is 10.2. The molecule has 0 aromatic carbocycles. The van der Waals surface area contributed by atoms with Gasteiger partial charge in [0.15, 0.2) is 0 Å². The number of hydrogen-bond donors (Lipinski definition) is 0. The lowest BCUT2D eigenvalue weighted by Gasteiger charge is -2.36. The number of rotatable bonds is 2. The van der Waals surface area contributed by atoms with Crippen LogP contribution in [-0.4, -0.2) is 52.1 Å². The van der Waals surface area contributed by atoms with Crippen molar-refractivity contribution in [2.24, 2.45) is 0 Å². The smallest absolute Gasteiger partial charge is 0.320 e. The SMILES string of the molecule is COCc1cnc2n1CCN(C(=O)N1CCCC1)[C@H]2C. The van der Waals surface area contributed by atoms with Gasteiger partial charge in [-0.3, -0.25) is 0 Å². The van der Waals surface area contributed by atoms with Gasteiger partial charge in [-0.05, 0) is 19.8 Å². The number of carbonyl (C=O) groups is 1. The molecule has 0 radical (unpaired) electrons. The van der Waals surface area contributed by atoms with Crippen molar-refractivity contribution in [3.8, 4) is 0 Å². The fraction of sp³-hybridized carbons (Fsp3) is 0.714. The van der Waals surface area contributed by atoms with E-state index < -0.39 is 0 Å². The van der Waals surface area contributed by atoms with Crippen LogP contribution in [0.15, 0.2) is 6.20 Å². The molecule has 3 rings (SSSR count). The number of likely N-dealkylation sites (tertiary alicyclic amines) is 1. The van der Waals surface area contributed by atoms with Gasteiger partial charge in [0, 0.05) is 33.3 Å². The summed E-state index contributed by atoms with van der Waals surface area (Å²) < 4.78 is 7.38. The number of hydrogen-bond acceptors (Lipinski definition) is 3. The lowest BCUT2D eigenvalue weighted by Crippen LogP contribution is -2.47. The van der Waals surface area contributed by atoms with Gasteiger partial charge < -0.3 is 19.1 Å². The number of nitrogens with zero attached hydrogens (tertiary/aromatic N) is 4. The molecule has 110 valence electrons. The number of urea groups is 1. The number of aromatic nitrogens is 2. The first-order valence-corrected chi connectivity index (χ1v) is 7.31. The van der Waals surface area contributed by atoms with E-state index in [-0.39, 0.29) is 12.1 Å². The van der Waals surface area contributed by atoms with E-state index >= 15 is 0 Å². The fourth-order valence-corrected chi connectivity index (χ4v) is 3.17. The maximum Gasteiger partial charge on any atom is 0.320 e. The molecule has 6 nitrogen and oxygen atoms in total. The number of imidazole rings is 1. The van der Waals surface area contributed by atoms with Crippen LogP contribution in [0.2, 0.25) is 0 Å². The Balaban J connectivity index is 1.78. The molecular formula is C14H22N4O2. The number of ether oxygens (including phenoxy) is 1. The zero-order valence-electron chi connectivity index (χ0n) is 12.2. The van der Waals surface area contributed by atoms with Crippen molar-refractivity contribution in [1.82, 2.24) is 19.4 Å². The van der Waals surface area contributed by atoms with E-state index in [1.165, 1.54) is 0 Å². The largest absolute Gasteiger partial charge is 0.378 e. The Labute approximate surface area is 119 Å². The molecule has 0 spiro atoms. The quantitative estimate of drug-likeness (QED) is 0.826. The van der Waals surface area contributed by atoms with Gasteiger partial charge in [0.05, 0.1) is 24.5 Å². The minimum Gasteiger partial charge on any atom is -0.378 e. The summed E-state index contributed by atoms with van der Waals surface area (Å²) in [5.41, 5.74) is 1.09. The molecule has 0 saturated carbocycles. The molecule has 6 heteroatoms. The molecule has 2 aliphatic rings. The van der Waals surface area contributed by atoms with Crippen molar-refractivity contribution >= 4 is 6.03 Å². The van der Waals surface area contributed by atoms with Crippen molar-refractivity contribution in [2.75, 3.05) is 26.7 Å². The summed E-state index contributed by atoms with van der Waals surface area (Å²) in [6, 6.07) is 0.194. The second-order valence-corrected chi connectivity index (χ2v) is 5.54. The van der Waals surface area contributed by atoms with Crippen LogP contribution >= 0.6 is 0 Å². The zero-order valence-corrected chi connectivity index (χ0v) is 12.2. The average Bonchev–Trinajstić information content (AvgIpc) is 3.09. The van der Waals surface area contributed by atoms with Crippen LogP contribution in [0.1, 0.15) is 37.3 Å². The van der Waals surface area contributed by atoms with Gasteiger partial charge >= 0.3 is 6.03 Å². The highest BCUT2D eigenvalue weighted by Crippen LogP contribution is 2.27. The molecular weight excluding hydrogens is 256 g/mol. The van der Waals surface area contributed by atoms with E-state index in [1.54, 1.807) is 7.11 Å². The molecule has 2 amide bonds. The Morgan fingerprint density at radius 3 is 2.80 bits per heavy atom. The average molecular weight is 278 g/mol. The molecule has 0 N–H and O–H groups in total. The Kier molecular flexibility index (Phi) is 3.65. The van der Waals surface area contributed by atoms with Crippen molar-refractivity contribution in [2.45, 2.75) is 39.0 Å². The first kappa shape index (κ1) is 13.4. The Morgan fingerprint density at radius 2 is 2.10 bits per heavy atom. The molecule has 0 bridgehead atoms. The molecule has 0 aliphatic carbocycles. The predicted molar refractivity (Wildman–Crippen MR) is 74.3 cm³/mol. The van der Waals surface area contributed by atoms with E-state index in [0.717, 1.165) is 50.5 Å². The molecule has 1 atom stereocenters. The molecule has 20 heavy (non-hydrogen) atoms. The van der Waals surface area contributed by atoms with Gasteiger partial charge in [-0.1, -0.05) is 0 Å². The van der Waals surface area contributed by atoms with Gasteiger partial charge in [0.2, 0.25) is 0 Å². The van der Waals surface area contributed by atoms with Crippen LogP contribution < -0.4 is 0 Å². The molecule has 1 aromatic rings. The summed E-state index contributed by atoms with van der Waals surface area (Å²) >= 11 is 0. The van der Waals surface area contributed by atoms with Crippen molar-refractivity contribution in [3.63, 3.8) is 0 Å². The zero-order chi connectivity index (χ0) is 14.1. The molecule has 1 fully saturated rings. The summed E-state index contributed by atoms with van der Waals surface area (Å²) in [5.74, 6) is 0.968. The third-order valence-electron chi connectivity index (χ3n) is 4.29. The highest BCUT2D eigenvalue weighted by Gasteiger charge is 2.33. The van der Waals surface area contributed by atoms with Crippen LogP contribution in [0, 0.1) is 0 Å². The summed E-state index contributed by atoms with van der Waals surface area (Å²) in [7, 11) is 1.69. The number of methoxy groups -OCH3 is 1. The Morgan fingerprint density at radius 1 is 1.35 bits per heavy atom. The summed E-state index contributed by atoms with van der Waals surface area (Å²) in [4.78, 5) is 20.9. The van der Waals surface area contributed by atoms with E-state index in [0.29, 0.717) is 6.61 Å². The van der Waals surface area contributed by atoms with Crippen LogP contribution in [0.5, 0.6) is 0 Å². The lowest BCUT2D eigenvalue weighted by molar-refractivity contribution is 0.126. The van der Waals surface area contributed by atoms with E-state index in [9.17, 15) is 4.79 Å². The summed E-state index contributed by atoms with van der Waals surface area (Å²) in [6.07, 6.45) is 4.11. The topological polar surface area (TPSA) is 50.6 Å². The van der Waals surface area contributed by atoms with Crippen molar-refractivity contribution in [1.29, 1.82) is 0 Å². The van der Waals surface area contributed by atoms with Crippen LogP contribution in [-0.2, 0) is 17.9 Å². The normalized spacial score (nSPS) is 22.2. The molecule has 0 unspecified atom stereocenters. The first-order valence-electron chi connectivity index (χ1n) is 7.31. The van der Waals surface area contributed by atoms with Gasteiger partial charge in [0.25, 0.3) is 0 Å². The molecule has 3 heterocycles. The fourth-order valence-electron chi connectivity index (χ4n) is 3.17. The third kappa shape index (κ3) is 2.18. The maximum absolute atomic E-state index is 12.5. The van der Waals surface area contributed by atoms with E-state index in [2.05, 4.69) is 16.5 Å². The van der Waals surface area contributed by atoms with E-state index in [4.69, 9.17) is 4.74 Å². The van der Waals surface area contributed by atoms with Gasteiger partial charge in [-0.25, -0.2) is 9.78 Å². The van der Waals surface area contributed by atoms with Crippen LogP contribution in [0.25, 0.3) is 0 Å². The van der Waals surface area contributed by atoms with Crippen molar-refractivity contribution < 1.29 is 9.53 Å². The van der Waals surface area contributed by atoms with Gasteiger partial charge in [-0.2, -0.15) is 0 Å². The summed E-state index contributed by atoms with van der Waals surface area (Å²) in [6.45, 7) is 5.97. The minimum absolute atomic E-state index is 0.0301. The molecule has 1 saturated heterocycles. The highest BCUT2D eigenvalue weighted by molar-refractivity contribution is 5.75. The minimum atomic E-state index is 0.0301. The highest BCUT2D eigenvalue weighted by atomic mass is 16.5. The second kappa shape index (κ2) is 5.44. The van der Waals surface area contributed by atoms with Crippen LogP contribution in [0.3, 0.4) is 0 Å². The third-order valence-corrected chi connectivity index (χ3v) is 4.29. The number of fused-ring (bicyclic) bond motifs is 1. The monoisotopic (exact) mass is 278 g/mol. The Bertz CT molecular complexity index is 493. The van der Waals surface area contributed by atoms with Crippen molar-refractivity contribution in [3.05, 3.63) is 17.7 Å². The molecule has 1 aromatic heterocycles. The maximum atomic E-state index is 12.5. The number of carbonyl (C=O) groups excluding carboxylic acids is 1. The van der Waals surface area contributed by atoms with Gasteiger partial charge in [0.1, 0.15) is 5.82 Å². The predicted octanol–water partition coefficient (Wildman–Crippen LogP) is 1.62. The van der Waals surface area contributed by atoms with Crippen LogP contribution in [0.4, 0.5) is 4.79 Å². The number of amides is 2. The van der Waals surface area contributed by atoms with E-state index in [1.807, 2.05) is 16.0 Å². The first-order chi connectivity index (χ1) is 9.72. The second-order valence-electron chi connectivity index (χ2n) is 5.54. The summed E-state index contributed by atoms with van der Waals surface area (Å²) in [5, 5.41) is 0. The Hall–Kier alpha value is -1.56. The molecule has 2 aliphatic heterocycles. The standard InChI is InChI=1S/C14H22N4O2/c1-11-13-15-9-12(10-20-2)18(13)8-7-17(11)14(19)16-5-3-4-6-16/h9,11H,3-8,10H2,1-2H3/t11-/m0/s1. The van der Waals surface area contributed by atoms with Gasteiger partial charge in [-0.15, -0.1) is 0 Å².